The number of fused-ring (bicyclic) bond motifs is 1. The Morgan fingerprint density at radius 2 is 2.03 bits per heavy atom. The number of para-hydroxylation sites is 2. The van der Waals surface area contributed by atoms with Crippen molar-refractivity contribution in [2.75, 3.05) is 39.8 Å². The molecule has 1 aromatic heterocycles. The van der Waals surface area contributed by atoms with E-state index in [0.29, 0.717) is 25.1 Å². The summed E-state index contributed by atoms with van der Waals surface area (Å²) in [5.41, 5.74) is 0. The van der Waals surface area contributed by atoms with Gasteiger partial charge in [0, 0.05) is 24.0 Å². The first-order chi connectivity index (χ1) is 14.7. The number of thiophene rings is 1. The molecule has 3 unspecified atom stereocenters. The Morgan fingerprint density at radius 1 is 1.19 bits per heavy atom. The molecule has 6 nitrogen and oxygen atoms in total. The second-order valence-corrected chi connectivity index (χ2v) is 8.92. The average Bonchev–Trinajstić information content (AvgIpc) is 3.30. The molecule has 8 heteroatoms. The number of hydrogen-bond acceptors (Lipinski definition) is 5. The van der Waals surface area contributed by atoms with Gasteiger partial charge in [0.2, 0.25) is 0 Å². The standard InChI is InChI=1S/C23H32N4O2S.HI/c1-3-24-23(26-15-18-16-28-19-9-4-5-10-20(19)29-18)25-14-17-8-6-12-27(2)22(17)21-11-7-13-30-21;/h4-5,7,9-11,13,17-18,22H,3,6,8,12,14-16H2,1-2H3,(H2,24,25,26);1H. The van der Waals surface area contributed by atoms with Crippen molar-refractivity contribution in [2.24, 2.45) is 10.9 Å². The summed E-state index contributed by atoms with van der Waals surface area (Å²) in [6.45, 7) is 6.08. The van der Waals surface area contributed by atoms with E-state index in [1.54, 1.807) is 0 Å². The van der Waals surface area contributed by atoms with Gasteiger partial charge in [-0.1, -0.05) is 18.2 Å². The summed E-state index contributed by atoms with van der Waals surface area (Å²) >= 11 is 1.85. The predicted octanol–water partition coefficient (Wildman–Crippen LogP) is 4.14. The summed E-state index contributed by atoms with van der Waals surface area (Å²) in [5, 5.41) is 8.99. The molecule has 170 valence electrons. The van der Waals surface area contributed by atoms with Crippen LogP contribution < -0.4 is 20.1 Å². The quantitative estimate of drug-likeness (QED) is 0.318. The molecule has 1 saturated heterocycles. The van der Waals surface area contributed by atoms with E-state index in [1.165, 1.54) is 17.7 Å². The lowest BCUT2D eigenvalue weighted by atomic mass is 9.88. The van der Waals surface area contributed by atoms with Crippen molar-refractivity contribution < 1.29 is 9.47 Å². The highest BCUT2D eigenvalue weighted by Gasteiger charge is 2.31. The fourth-order valence-electron chi connectivity index (χ4n) is 4.28. The first kappa shape index (κ1) is 24.1. The zero-order valence-electron chi connectivity index (χ0n) is 18.3. The largest absolute Gasteiger partial charge is 0.486 e. The molecule has 2 N–H and O–H groups in total. The minimum absolute atomic E-state index is 0. The van der Waals surface area contributed by atoms with Crippen molar-refractivity contribution in [3.8, 4) is 11.5 Å². The molecule has 2 aliphatic rings. The number of rotatable bonds is 6. The number of likely N-dealkylation sites (tertiary alicyclic amines) is 1. The van der Waals surface area contributed by atoms with Crippen molar-refractivity contribution >= 4 is 41.3 Å². The zero-order valence-corrected chi connectivity index (χ0v) is 21.4. The van der Waals surface area contributed by atoms with Crippen molar-refractivity contribution in [1.29, 1.82) is 0 Å². The lowest BCUT2D eigenvalue weighted by molar-refractivity contribution is 0.0935. The lowest BCUT2D eigenvalue weighted by Gasteiger charge is -2.38. The summed E-state index contributed by atoms with van der Waals surface area (Å²) in [4.78, 5) is 8.87. The number of ether oxygens (including phenoxy) is 2. The Hall–Kier alpha value is -1.52. The van der Waals surface area contributed by atoms with Crippen molar-refractivity contribution in [1.82, 2.24) is 15.5 Å². The topological polar surface area (TPSA) is 58.1 Å². The molecule has 0 bridgehead atoms. The van der Waals surface area contributed by atoms with Crippen molar-refractivity contribution in [3.63, 3.8) is 0 Å². The number of hydrogen-bond donors (Lipinski definition) is 2. The highest BCUT2D eigenvalue weighted by molar-refractivity contribution is 14.0. The average molecular weight is 557 g/mol. The van der Waals surface area contributed by atoms with Gasteiger partial charge in [-0.2, -0.15) is 0 Å². The van der Waals surface area contributed by atoms with Crippen LogP contribution in [0.1, 0.15) is 30.7 Å². The van der Waals surface area contributed by atoms with Crippen LogP contribution in [0, 0.1) is 5.92 Å². The van der Waals surface area contributed by atoms with Gasteiger partial charge < -0.3 is 20.1 Å². The molecule has 31 heavy (non-hydrogen) atoms. The molecule has 3 atom stereocenters. The van der Waals surface area contributed by atoms with Gasteiger partial charge in [0.15, 0.2) is 17.5 Å². The van der Waals surface area contributed by atoms with Gasteiger partial charge >= 0.3 is 0 Å². The maximum absolute atomic E-state index is 6.06. The summed E-state index contributed by atoms with van der Waals surface area (Å²) in [5.74, 6) is 2.99. The third-order valence-corrected chi connectivity index (χ3v) is 6.68. The number of guanidine groups is 1. The Labute approximate surface area is 206 Å². The molecular weight excluding hydrogens is 523 g/mol. The SMILES string of the molecule is CCNC(=NCC1CCCN(C)C1c1cccs1)NCC1COc2ccccc2O1.I. The molecular formula is C23H33IN4O2S. The van der Waals surface area contributed by atoms with Crippen LogP contribution in [0.5, 0.6) is 11.5 Å². The normalized spacial score (nSPS) is 23.7. The van der Waals surface area contributed by atoms with E-state index in [-0.39, 0.29) is 30.1 Å². The van der Waals surface area contributed by atoms with E-state index in [4.69, 9.17) is 14.5 Å². The molecule has 2 aliphatic heterocycles. The Kier molecular flexibility index (Phi) is 9.28. The molecule has 1 aromatic carbocycles. The van der Waals surface area contributed by atoms with E-state index < -0.39 is 0 Å². The second kappa shape index (κ2) is 11.9. The fraction of sp³-hybridized carbons (Fsp3) is 0.522. The van der Waals surface area contributed by atoms with E-state index in [0.717, 1.165) is 37.1 Å². The maximum atomic E-state index is 6.06. The molecule has 0 amide bonds. The molecule has 4 rings (SSSR count). The van der Waals surface area contributed by atoms with E-state index in [2.05, 4.69) is 47.0 Å². The molecule has 0 aliphatic carbocycles. The predicted molar refractivity (Wildman–Crippen MR) is 138 cm³/mol. The monoisotopic (exact) mass is 556 g/mol. The third kappa shape index (κ3) is 6.26. The minimum Gasteiger partial charge on any atom is -0.486 e. The van der Waals surface area contributed by atoms with Crippen molar-refractivity contribution in [3.05, 3.63) is 46.7 Å². The molecule has 1 fully saturated rings. The first-order valence-corrected chi connectivity index (χ1v) is 11.8. The van der Waals surface area contributed by atoms with Gasteiger partial charge in [0.25, 0.3) is 0 Å². The zero-order chi connectivity index (χ0) is 20.8. The Morgan fingerprint density at radius 3 is 2.81 bits per heavy atom. The number of nitrogens with zero attached hydrogens (tertiary/aromatic N) is 2. The number of aliphatic imine (C=N–C) groups is 1. The Bertz CT molecular complexity index is 833. The van der Waals surface area contributed by atoms with Crippen LogP contribution in [0.2, 0.25) is 0 Å². The van der Waals surface area contributed by atoms with Crippen LogP contribution in [0.4, 0.5) is 0 Å². The highest BCUT2D eigenvalue weighted by Crippen LogP contribution is 2.37. The molecule has 0 saturated carbocycles. The smallest absolute Gasteiger partial charge is 0.191 e. The van der Waals surface area contributed by atoms with Gasteiger partial charge in [-0.3, -0.25) is 9.89 Å². The summed E-state index contributed by atoms with van der Waals surface area (Å²) in [7, 11) is 2.24. The molecule has 0 spiro atoms. The van der Waals surface area contributed by atoms with Crippen LogP contribution in [0.3, 0.4) is 0 Å². The van der Waals surface area contributed by atoms with Crippen LogP contribution in [-0.4, -0.2) is 56.8 Å². The summed E-state index contributed by atoms with van der Waals surface area (Å²) < 4.78 is 11.9. The van der Waals surface area contributed by atoms with Crippen LogP contribution in [-0.2, 0) is 0 Å². The highest BCUT2D eigenvalue weighted by atomic mass is 127. The second-order valence-electron chi connectivity index (χ2n) is 7.94. The number of benzene rings is 1. The summed E-state index contributed by atoms with van der Waals surface area (Å²) in [6.07, 6.45) is 2.41. The van der Waals surface area contributed by atoms with E-state index in [9.17, 15) is 0 Å². The van der Waals surface area contributed by atoms with Crippen LogP contribution in [0.15, 0.2) is 46.8 Å². The maximum Gasteiger partial charge on any atom is 0.191 e. The molecule has 0 radical (unpaired) electrons. The number of nitrogens with one attached hydrogen (secondary N) is 2. The van der Waals surface area contributed by atoms with Crippen molar-refractivity contribution in [2.45, 2.75) is 31.9 Å². The van der Waals surface area contributed by atoms with Gasteiger partial charge in [-0.25, -0.2) is 0 Å². The molecule has 3 heterocycles. The first-order valence-electron chi connectivity index (χ1n) is 10.9. The number of piperidine rings is 1. The van der Waals surface area contributed by atoms with Crippen LogP contribution >= 0.6 is 35.3 Å². The molecule has 2 aromatic rings. The van der Waals surface area contributed by atoms with Gasteiger partial charge in [0.1, 0.15) is 12.7 Å². The van der Waals surface area contributed by atoms with Gasteiger partial charge in [-0.15, -0.1) is 35.3 Å². The minimum atomic E-state index is -0.0385. The fourth-order valence-corrected chi connectivity index (χ4v) is 5.27. The van der Waals surface area contributed by atoms with Gasteiger partial charge in [0.05, 0.1) is 6.54 Å². The van der Waals surface area contributed by atoms with Gasteiger partial charge in [-0.05, 0) is 62.9 Å². The Balaban J connectivity index is 0.00000272. The third-order valence-electron chi connectivity index (χ3n) is 5.73. The van der Waals surface area contributed by atoms with E-state index in [1.807, 2.05) is 35.6 Å². The van der Waals surface area contributed by atoms with Crippen LogP contribution in [0.25, 0.3) is 0 Å². The number of halogens is 1. The van der Waals surface area contributed by atoms with E-state index >= 15 is 0 Å². The lowest BCUT2D eigenvalue weighted by Crippen LogP contribution is -2.46. The summed E-state index contributed by atoms with van der Waals surface area (Å²) in [6, 6.07) is 12.7.